The molecule has 0 aliphatic carbocycles. The molecule has 0 aromatic carbocycles. The number of carboxylic acids is 1. The molecule has 0 saturated carbocycles. The summed E-state index contributed by atoms with van der Waals surface area (Å²) in [5.41, 5.74) is 0.244. The Morgan fingerprint density at radius 2 is 2.50 bits per heavy atom. The van der Waals surface area contributed by atoms with Gasteiger partial charge in [0.25, 0.3) is 0 Å². The van der Waals surface area contributed by atoms with Gasteiger partial charge >= 0.3 is 5.97 Å². The molecule has 14 heavy (non-hydrogen) atoms. The van der Waals surface area contributed by atoms with Crippen LogP contribution in [0.1, 0.15) is 10.4 Å². The van der Waals surface area contributed by atoms with Crippen molar-refractivity contribution in [3.8, 4) is 0 Å². The van der Waals surface area contributed by atoms with Crippen molar-refractivity contribution in [1.29, 1.82) is 0 Å². The Morgan fingerprint density at radius 1 is 1.71 bits per heavy atom. The Balaban J connectivity index is 2.69. The number of hydrogen-bond acceptors (Lipinski definition) is 4. The highest BCUT2D eigenvalue weighted by Crippen LogP contribution is 2.21. The van der Waals surface area contributed by atoms with Crippen LogP contribution < -0.4 is 0 Å². The molecule has 0 radical (unpaired) electrons. The van der Waals surface area contributed by atoms with E-state index in [1.54, 1.807) is 19.4 Å². The van der Waals surface area contributed by atoms with Crippen LogP contribution in [0.4, 0.5) is 0 Å². The lowest BCUT2D eigenvalue weighted by Gasteiger charge is -2.03. The number of thioether (sulfide) groups is 1. The van der Waals surface area contributed by atoms with Gasteiger partial charge in [0.1, 0.15) is 0 Å². The zero-order valence-corrected chi connectivity index (χ0v) is 8.58. The van der Waals surface area contributed by atoms with E-state index >= 15 is 0 Å². The van der Waals surface area contributed by atoms with Crippen LogP contribution in [0, 0.1) is 0 Å². The van der Waals surface area contributed by atoms with Crippen molar-refractivity contribution in [2.75, 3.05) is 19.5 Å². The van der Waals surface area contributed by atoms with Crippen LogP contribution in [0.25, 0.3) is 0 Å². The van der Waals surface area contributed by atoms with Crippen LogP contribution in [0.5, 0.6) is 0 Å². The van der Waals surface area contributed by atoms with Gasteiger partial charge in [-0.1, -0.05) is 0 Å². The summed E-state index contributed by atoms with van der Waals surface area (Å²) in [6, 6.07) is 1.70. The largest absolute Gasteiger partial charge is 0.478 e. The summed E-state index contributed by atoms with van der Waals surface area (Å²) in [4.78, 5) is 15.3. The predicted molar refractivity (Wildman–Crippen MR) is 53.8 cm³/mol. The number of rotatable bonds is 5. The van der Waals surface area contributed by atoms with Gasteiger partial charge in [-0.15, -0.1) is 11.8 Å². The van der Waals surface area contributed by atoms with Gasteiger partial charge in [-0.25, -0.2) is 4.79 Å². The number of methoxy groups -OCH3 is 1. The van der Waals surface area contributed by atoms with Crippen molar-refractivity contribution >= 4 is 17.7 Å². The molecular weight excluding hydrogens is 202 g/mol. The normalized spacial score (nSPS) is 10.1. The molecule has 76 valence electrons. The highest BCUT2D eigenvalue weighted by atomic mass is 32.2. The van der Waals surface area contributed by atoms with Gasteiger partial charge in [0.2, 0.25) is 0 Å². The lowest BCUT2D eigenvalue weighted by molar-refractivity contribution is 0.0692. The summed E-state index contributed by atoms with van der Waals surface area (Å²) >= 11 is 1.45. The van der Waals surface area contributed by atoms with Gasteiger partial charge in [0.15, 0.2) is 0 Å². The Bertz CT molecular complexity index is 317. The van der Waals surface area contributed by atoms with Crippen molar-refractivity contribution in [1.82, 2.24) is 4.98 Å². The molecule has 0 unspecified atom stereocenters. The van der Waals surface area contributed by atoms with Crippen LogP contribution in [-0.2, 0) is 4.74 Å². The molecule has 1 aromatic rings. The molecule has 5 heteroatoms. The quantitative estimate of drug-likeness (QED) is 0.593. The average molecular weight is 213 g/mol. The number of carboxylic acid groups (broad SMARTS) is 1. The summed E-state index contributed by atoms with van der Waals surface area (Å²) in [7, 11) is 1.62. The first-order valence-corrected chi connectivity index (χ1v) is 5.03. The maximum atomic E-state index is 10.8. The molecule has 0 amide bonds. The number of hydrogen-bond donors (Lipinski definition) is 1. The number of nitrogens with zero attached hydrogens (tertiary/aromatic N) is 1. The summed E-state index contributed by atoms with van der Waals surface area (Å²) in [5, 5.41) is 8.84. The molecule has 1 heterocycles. The van der Waals surface area contributed by atoms with Gasteiger partial charge in [0, 0.05) is 30.2 Å². The molecule has 1 N–H and O–H groups in total. The number of pyridine rings is 1. The fraction of sp³-hybridized carbons (Fsp3) is 0.333. The van der Waals surface area contributed by atoms with Crippen LogP contribution in [0.2, 0.25) is 0 Å². The lowest BCUT2D eigenvalue weighted by atomic mass is 10.3. The van der Waals surface area contributed by atoms with Gasteiger partial charge < -0.3 is 9.84 Å². The van der Waals surface area contributed by atoms with E-state index in [0.717, 1.165) is 10.6 Å². The molecule has 0 aliphatic heterocycles. The summed E-state index contributed by atoms with van der Waals surface area (Å²) in [6.45, 7) is 0.603. The Morgan fingerprint density at radius 3 is 3.14 bits per heavy atom. The van der Waals surface area contributed by atoms with E-state index in [9.17, 15) is 4.79 Å². The molecular formula is C9H11NO3S. The number of ether oxygens (including phenoxy) is 1. The SMILES string of the molecule is COCCSc1ccncc1C(=O)O. The minimum Gasteiger partial charge on any atom is -0.478 e. The van der Waals surface area contributed by atoms with Crippen molar-refractivity contribution in [3.05, 3.63) is 24.0 Å². The van der Waals surface area contributed by atoms with Crippen LogP contribution in [0.15, 0.2) is 23.4 Å². The molecule has 0 fully saturated rings. The lowest BCUT2D eigenvalue weighted by Crippen LogP contribution is -2.00. The fourth-order valence-electron chi connectivity index (χ4n) is 0.903. The second-order valence-corrected chi connectivity index (χ2v) is 3.65. The summed E-state index contributed by atoms with van der Waals surface area (Å²) in [6.07, 6.45) is 2.94. The number of aromatic nitrogens is 1. The highest BCUT2D eigenvalue weighted by molar-refractivity contribution is 7.99. The van der Waals surface area contributed by atoms with Crippen molar-refractivity contribution in [2.24, 2.45) is 0 Å². The predicted octanol–water partition coefficient (Wildman–Crippen LogP) is 1.52. The molecule has 0 spiro atoms. The van der Waals surface area contributed by atoms with E-state index < -0.39 is 5.97 Å². The number of aromatic carboxylic acids is 1. The minimum atomic E-state index is -0.946. The molecule has 1 aromatic heterocycles. The van der Waals surface area contributed by atoms with Gasteiger partial charge in [-0.3, -0.25) is 4.98 Å². The second kappa shape index (κ2) is 5.62. The summed E-state index contributed by atoms with van der Waals surface area (Å²) < 4.78 is 4.88. The minimum absolute atomic E-state index is 0.244. The van der Waals surface area contributed by atoms with E-state index in [1.807, 2.05) is 0 Å². The van der Waals surface area contributed by atoms with Crippen molar-refractivity contribution in [2.45, 2.75) is 4.90 Å². The topological polar surface area (TPSA) is 59.4 Å². The first-order valence-electron chi connectivity index (χ1n) is 4.04. The van der Waals surface area contributed by atoms with Crippen molar-refractivity contribution < 1.29 is 14.6 Å². The maximum Gasteiger partial charge on any atom is 0.338 e. The molecule has 0 atom stereocenters. The van der Waals surface area contributed by atoms with E-state index in [0.29, 0.717) is 6.61 Å². The van der Waals surface area contributed by atoms with E-state index in [-0.39, 0.29) is 5.56 Å². The van der Waals surface area contributed by atoms with Crippen molar-refractivity contribution in [3.63, 3.8) is 0 Å². The van der Waals surface area contributed by atoms with Gasteiger partial charge in [-0.2, -0.15) is 0 Å². The standard InChI is InChI=1S/C9H11NO3S/c1-13-4-5-14-8-2-3-10-6-7(8)9(11)12/h2-3,6H,4-5H2,1H3,(H,11,12). The van der Waals surface area contributed by atoms with E-state index in [4.69, 9.17) is 9.84 Å². The Kier molecular flexibility index (Phi) is 4.42. The monoisotopic (exact) mass is 213 g/mol. The van der Waals surface area contributed by atoms with E-state index in [1.165, 1.54) is 18.0 Å². The van der Waals surface area contributed by atoms with Crippen LogP contribution >= 0.6 is 11.8 Å². The second-order valence-electron chi connectivity index (χ2n) is 2.52. The van der Waals surface area contributed by atoms with Gasteiger partial charge in [-0.05, 0) is 6.07 Å². The first kappa shape index (κ1) is 11.0. The Hall–Kier alpha value is -1.07. The average Bonchev–Trinajstić information content (AvgIpc) is 2.19. The smallest absolute Gasteiger partial charge is 0.338 e. The molecule has 0 aliphatic rings. The van der Waals surface area contributed by atoms with E-state index in [2.05, 4.69) is 4.98 Å². The molecule has 0 bridgehead atoms. The Labute approximate surface area is 86.3 Å². The third kappa shape index (κ3) is 3.01. The zero-order valence-electron chi connectivity index (χ0n) is 7.77. The molecule has 4 nitrogen and oxygen atoms in total. The molecule has 0 saturated heterocycles. The summed E-state index contributed by atoms with van der Waals surface area (Å²) in [5.74, 6) is -0.209. The van der Waals surface area contributed by atoms with Gasteiger partial charge in [0.05, 0.1) is 12.2 Å². The van der Waals surface area contributed by atoms with Crippen LogP contribution in [0.3, 0.4) is 0 Å². The molecule has 1 rings (SSSR count). The van der Waals surface area contributed by atoms with Crippen LogP contribution in [-0.4, -0.2) is 35.5 Å². The number of carbonyl (C=O) groups is 1. The first-order chi connectivity index (χ1) is 6.75. The zero-order chi connectivity index (χ0) is 10.4. The third-order valence-electron chi connectivity index (χ3n) is 1.56. The highest BCUT2D eigenvalue weighted by Gasteiger charge is 2.09. The third-order valence-corrected chi connectivity index (χ3v) is 2.59. The fourth-order valence-corrected chi connectivity index (χ4v) is 1.83. The maximum absolute atomic E-state index is 10.8.